The lowest BCUT2D eigenvalue weighted by molar-refractivity contribution is -0.175. The molecular formula is C40H46F3NO5. The Kier molecular flexibility index (Phi) is 8.03. The van der Waals surface area contributed by atoms with Gasteiger partial charge in [0.2, 0.25) is 0 Å². The van der Waals surface area contributed by atoms with Gasteiger partial charge < -0.3 is 19.8 Å². The number of Topliss-reactive ketones (excluding diaryl/α,β-unsaturated/α-hetero) is 1. The summed E-state index contributed by atoms with van der Waals surface area (Å²) in [6.07, 6.45) is 4.83. The Morgan fingerprint density at radius 2 is 1.63 bits per heavy atom. The van der Waals surface area contributed by atoms with Gasteiger partial charge in [-0.25, -0.2) is 4.79 Å². The SMILES string of the molecule is CCOC(=O)N(Cc1ccccc1)CC1(O)CCC2C34C=CC5(C=C3C(=O)c3cccc(C(F)(F)F)c3)CC(O)CCC5(C)C4CCC21C. The lowest BCUT2D eigenvalue weighted by atomic mass is 9.32. The van der Waals surface area contributed by atoms with Gasteiger partial charge in [-0.15, -0.1) is 0 Å². The fourth-order valence-electron chi connectivity index (χ4n) is 11.1. The molecule has 0 heterocycles. The first kappa shape index (κ1) is 34.0. The molecule has 262 valence electrons. The second-order valence-electron chi connectivity index (χ2n) is 15.8. The minimum atomic E-state index is -4.60. The van der Waals surface area contributed by atoms with Crippen LogP contribution in [0.25, 0.3) is 0 Å². The van der Waals surface area contributed by atoms with E-state index in [4.69, 9.17) is 4.74 Å². The molecule has 49 heavy (non-hydrogen) atoms. The highest BCUT2D eigenvalue weighted by atomic mass is 19.4. The molecule has 2 spiro atoms. The van der Waals surface area contributed by atoms with Gasteiger partial charge in [-0.2, -0.15) is 13.2 Å². The van der Waals surface area contributed by atoms with E-state index >= 15 is 0 Å². The first-order valence-corrected chi connectivity index (χ1v) is 17.6. The summed E-state index contributed by atoms with van der Waals surface area (Å²) < 4.78 is 47.0. The van der Waals surface area contributed by atoms with E-state index in [1.54, 1.807) is 11.8 Å². The number of carbonyl (C=O) groups excluding carboxylic acids is 2. The van der Waals surface area contributed by atoms with Gasteiger partial charge in [-0.1, -0.05) is 74.5 Å². The summed E-state index contributed by atoms with van der Waals surface area (Å²) in [5.74, 6) is -0.666. The molecule has 2 aromatic carbocycles. The second kappa shape index (κ2) is 11.6. The molecule has 3 fully saturated rings. The minimum Gasteiger partial charge on any atom is -0.450 e. The third-order valence-corrected chi connectivity index (χ3v) is 13.6. The molecule has 8 unspecified atom stereocenters. The molecule has 2 bridgehead atoms. The highest BCUT2D eigenvalue weighted by Gasteiger charge is 2.74. The number of hydrogen-bond acceptors (Lipinski definition) is 5. The Labute approximate surface area is 286 Å². The number of ketones is 1. The number of rotatable bonds is 7. The van der Waals surface area contributed by atoms with E-state index in [1.165, 1.54) is 12.1 Å². The molecule has 0 saturated heterocycles. The van der Waals surface area contributed by atoms with Crippen molar-refractivity contribution in [3.8, 4) is 0 Å². The summed E-state index contributed by atoms with van der Waals surface area (Å²) in [5, 5.41) is 23.7. The second-order valence-corrected chi connectivity index (χ2v) is 15.8. The van der Waals surface area contributed by atoms with Crippen LogP contribution >= 0.6 is 0 Å². The molecule has 8 rings (SSSR count). The van der Waals surface area contributed by atoms with Crippen LogP contribution in [-0.2, 0) is 17.5 Å². The summed E-state index contributed by atoms with van der Waals surface area (Å²) in [6, 6.07) is 14.2. The monoisotopic (exact) mass is 677 g/mol. The van der Waals surface area contributed by atoms with Gasteiger partial charge in [-0.05, 0) is 86.8 Å². The van der Waals surface area contributed by atoms with Crippen LogP contribution in [0, 0.1) is 33.5 Å². The van der Waals surface area contributed by atoms with Gasteiger partial charge in [0.05, 0.1) is 30.4 Å². The van der Waals surface area contributed by atoms with E-state index in [0.717, 1.165) is 24.1 Å². The number of ether oxygens (including phenoxy) is 1. The lowest BCUT2D eigenvalue weighted by Gasteiger charge is -2.71. The summed E-state index contributed by atoms with van der Waals surface area (Å²) >= 11 is 0. The molecule has 0 aliphatic heterocycles. The van der Waals surface area contributed by atoms with Gasteiger partial charge in [-0.3, -0.25) is 4.79 Å². The number of halogens is 3. The molecule has 2 aromatic rings. The fraction of sp³-hybridized carbons (Fsp3) is 0.550. The number of allylic oxidation sites excluding steroid dienone is 4. The quantitative estimate of drug-likeness (QED) is 0.228. The average Bonchev–Trinajstić information content (AvgIpc) is 3.34. The number of amides is 1. The predicted molar refractivity (Wildman–Crippen MR) is 178 cm³/mol. The molecule has 3 saturated carbocycles. The first-order valence-electron chi connectivity index (χ1n) is 17.6. The standard InChI is InChI=1S/C40H46F3NO5/c1-4-49-34(47)44(24-26-9-6-5-7-10-26)25-38(48)18-15-32-36(38,3)17-14-31-35(2)16-13-29(45)22-37(35)19-20-39(31,32)30(23-37)33(46)27-11-8-12-28(21-27)40(41,42)43/h5-12,19-21,23,29,31-32,45,48H,4,13-18,22,24-25H2,1-3H3. The van der Waals surface area contributed by atoms with Gasteiger partial charge in [0.15, 0.2) is 5.78 Å². The van der Waals surface area contributed by atoms with Crippen molar-refractivity contribution in [2.24, 2.45) is 33.5 Å². The van der Waals surface area contributed by atoms with Crippen molar-refractivity contribution in [3.63, 3.8) is 0 Å². The normalized spacial score (nSPS) is 37.5. The molecule has 1 amide bonds. The molecule has 9 heteroatoms. The average molecular weight is 678 g/mol. The van der Waals surface area contributed by atoms with E-state index in [1.807, 2.05) is 36.4 Å². The van der Waals surface area contributed by atoms with Gasteiger partial charge in [0, 0.05) is 33.9 Å². The van der Waals surface area contributed by atoms with Crippen molar-refractivity contribution < 1.29 is 37.7 Å². The van der Waals surface area contributed by atoms with Gasteiger partial charge in [0.25, 0.3) is 0 Å². The molecule has 8 atom stereocenters. The largest absolute Gasteiger partial charge is 0.450 e. The fourth-order valence-corrected chi connectivity index (χ4v) is 11.1. The van der Waals surface area contributed by atoms with Crippen LogP contribution in [-0.4, -0.2) is 51.8 Å². The number of fused-ring (bicyclic) bond motifs is 1. The number of hydrogen-bond donors (Lipinski definition) is 2. The van der Waals surface area contributed by atoms with Crippen LogP contribution in [0.3, 0.4) is 0 Å². The smallest absolute Gasteiger partial charge is 0.416 e. The Balaban J connectivity index is 1.32. The van der Waals surface area contributed by atoms with Crippen LogP contribution in [0.5, 0.6) is 0 Å². The predicted octanol–water partition coefficient (Wildman–Crippen LogP) is 8.14. The van der Waals surface area contributed by atoms with E-state index in [2.05, 4.69) is 26.0 Å². The van der Waals surface area contributed by atoms with Crippen LogP contribution in [0.1, 0.15) is 87.2 Å². The molecule has 0 aromatic heterocycles. The first-order chi connectivity index (χ1) is 23.1. The summed E-state index contributed by atoms with van der Waals surface area (Å²) in [5.41, 5.74) is -3.27. The Morgan fingerprint density at radius 1 is 0.939 bits per heavy atom. The van der Waals surface area contributed by atoms with Crippen molar-refractivity contribution in [1.29, 1.82) is 0 Å². The zero-order chi connectivity index (χ0) is 35.0. The maximum atomic E-state index is 14.7. The van der Waals surface area contributed by atoms with Crippen LogP contribution < -0.4 is 0 Å². The highest BCUT2D eigenvalue weighted by Crippen LogP contribution is 2.78. The highest BCUT2D eigenvalue weighted by molar-refractivity contribution is 6.10. The number of benzene rings is 2. The molecular weight excluding hydrogens is 631 g/mol. The van der Waals surface area contributed by atoms with Crippen molar-refractivity contribution in [2.45, 2.75) is 90.1 Å². The van der Waals surface area contributed by atoms with E-state index < -0.39 is 51.6 Å². The summed E-state index contributed by atoms with van der Waals surface area (Å²) in [4.78, 5) is 29.6. The Hall–Kier alpha value is -3.43. The van der Waals surface area contributed by atoms with Crippen molar-refractivity contribution in [3.05, 3.63) is 95.1 Å². The van der Waals surface area contributed by atoms with Crippen molar-refractivity contribution in [2.75, 3.05) is 13.2 Å². The number of alkyl halides is 3. The Bertz CT molecular complexity index is 1710. The number of nitrogens with zero attached hydrogens (tertiary/aromatic N) is 1. The molecule has 6 aliphatic rings. The topological polar surface area (TPSA) is 87.1 Å². The van der Waals surface area contributed by atoms with E-state index in [9.17, 15) is 33.0 Å². The maximum Gasteiger partial charge on any atom is 0.416 e. The van der Waals surface area contributed by atoms with Crippen LogP contribution in [0.15, 0.2) is 78.4 Å². The van der Waals surface area contributed by atoms with Crippen LogP contribution in [0.2, 0.25) is 0 Å². The summed E-state index contributed by atoms with van der Waals surface area (Å²) in [6.45, 7) is 6.59. The minimum absolute atomic E-state index is 0.0125. The zero-order valence-electron chi connectivity index (χ0n) is 28.4. The third-order valence-electron chi connectivity index (χ3n) is 13.6. The molecule has 6 aliphatic carbocycles. The van der Waals surface area contributed by atoms with Gasteiger partial charge >= 0.3 is 12.3 Å². The lowest BCUT2D eigenvalue weighted by Crippen LogP contribution is -2.67. The molecule has 2 N–H and O–H groups in total. The molecule has 0 radical (unpaired) electrons. The third kappa shape index (κ3) is 4.96. The van der Waals surface area contributed by atoms with Crippen molar-refractivity contribution in [1.82, 2.24) is 4.90 Å². The zero-order valence-corrected chi connectivity index (χ0v) is 28.4. The van der Waals surface area contributed by atoms with E-state index in [0.29, 0.717) is 44.1 Å². The molecule has 6 nitrogen and oxygen atoms in total. The Morgan fingerprint density at radius 3 is 2.35 bits per heavy atom. The number of aliphatic hydroxyl groups excluding tert-OH is 1. The van der Waals surface area contributed by atoms with Crippen molar-refractivity contribution >= 4 is 11.9 Å². The van der Waals surface area contributed by atoms with E-state index in [-0.39, 0.29) is 42.5 Å². The number of aliphatic hydroxyl groups is 2. The maximum absolute atomic E-state index is 14.7. The van der Waals surface area contributed by atoms with Gasteiger partial charge in [0.1, 0.15) is 0 Å². The van der Waals surface area contributed by atoms with Crippen LogP contribution in [0.4, 0.5) is 18.0 Å². The number of carbonyl (C=O) groups is 2. The summed E-state index contributed by atoms with van der Waals surface area (Å²) in [7, 11) is 0.